The van der Waals surface area contributed by atoms with Gasteiger partial charge in [0.25, 0.3) is 0 Å². The Bertz CT molecular complexity index is 587. The summed E-state index contributed by atoms with van der Waals surface area (Å²) in [5, 5.41) is 9.32. The van der Waals surface area contributed by atoms with Crippen molar-refractivity contribution >= 4 is 33.2 Å². The van der Waals surface area contributed by atoms with E-state index in [-0.39, 0.29) is 6.09 Å². The number of hydrogen-bond acceptors (Lipinski definition) is 4. The molecular formula is C15H20N2O2S. The molecule has 1 heterocycles. The maximum atomic E-state index is 11.5. The molecule has 0 unspecified atom stereocenters. The van der Waals surface area contributed by atoms with Crippen molar-refractivity contribution in [2.45, 2.75) is 26.4 Å². The second-order valence-electron chi connectivity index (χ2n) is 5.53. The fourth-order valence-electron chi connectivity index (χ4n) is 1.76. The topological polar surface area (TPSA) is 50.4 Å². The normalized spacial score (nSPS) is 11.3. The highest BCUT2D eigenvalue weighted by atomic mass is 32.1. The summed E-state index contributed by atoms with van der Waals surface area (Å²) >= 11 is 1.73. The number of carbonyl (C=O) groups excluding carboxylic acids is 1. The summed E-state index contributed by atoms with van der Waals surface area (Å²) in [5.41, 5.74) is 0.600. The highest BCUT2D eigenvalue weighted by Gasteiger charge is 2.15. The van der Waals surface area contributed by atoms with Gasteiger partial charge in [-0.2, -0.15) is 0 Å². The molecule has 1 aromatic heterocycles. The van der Waals surface area contributed by atoms with Gasteiger partial charge >= 0.3 is 6.09 Å². The van der Waals surface area contributed by atoms with Gasteiger partial charge in [-0.1, -0.05) is 0 Å². The van der Waals surface area contributed by atoms with Gasteiger partial charge in [0.05, 0.1) is 0 Å². The molecule has 0 aliphatic rings. The molecule has 20 heavy (non-hydrogen) atoms. The zero-order valence-corrected chi connectivity index (χ0v) is 12.8. The number of thiophene rings is 1. The van der Waals surface area contributed by atoms with Crippen LogP contribution >= 0.6 is 11.3 Å². The summed E-state index contributed by atoms with van der Waals surface area (Å²) in [6.07, 6.45) is -0.382. The smallest absolute Gasteiger partial charge is 0.407 e. The number of carbonyl (C=O) groups is 1. The molecule has 0 aliphatic carbocycles. The zero-order chi connectivity index (χ0) is 14.6. The molecule has 5 heteroatoms. The first-order valence-corrected chi connectivity index (χ1v) is 7.50. The van der Waals surface area contributed by atoms with Crippen molar-refractivity contribution in [2.75, 3.05) is 18.4 Å². The highest BCUT2D eigenvalue weighted by molar-refractivity contribution is 7.17. The van der Waals surface area contributed by atoms with E-state index < -0.39 is 5.60 Å². The van der Waals surface area contributed by atoms with Crippen molar-refractivity contribution in [2.24, 2.45) is 0 Å². The minimum absolute atomic E-state index is 0.382. The van der Waals surface area contributed by atoms with Crippen LogP contribution in [0.4, 0.5) is 10.5 Å². The van der Waals surface area contributed by atoms with Gasteiger partial charge in [0.2, 0.25) is 0 Å². The molecule has 0 saturated carbocycles. The van der Waals surface area contributed by atoms with E-state index in [0.29, 0.717) is 13.1 Å². The molecule has 1 amide bonds. The number of nitrogens with one attached hydrogen (secondary N) is 2. The first-order valence-electron chi connectivity index (χ1n) is 6.62. The molecule has 2 aromatic rings. The minimum atomic E-state index is -0.457. The van der Waals surface area contributed by atoms with Gasteiger partial charge < -0.3 is 15.4 Å². The van der Waals surface area contributed by atoms with Crippen molar-refractivity contribution in [1.82, 2.24) is 5.32 Å². The summed E-state index contributed by atoms with van der Waals surface area (Å²) in [4.78, 5) is 11.5. The lowest BCUT2D eigenvalue weighted by molar-refractivity contribution is 0.0530. The summed E-state index contributed by atoms with van der Waals surface area (Å²) in [6, 6.07) is 8.36. The number of rotatable bonds is 4. The number of anilines is 1. The minimum Gasteiger partial charge on any atom is -0.444 e. The summed E-state index contributed by atoms with van der Waals surface area (Å²) < 4.78 is 6.44. The van der Waals surface area contributed by atoms with Crippen LogP contribution in [0, 0.1) is 0 Å². The van der Waals surface area contributed by atoms with Crippen molar-refractivity contribution in [3.8, 4) is 0 Å². The van der Waals surface area contributed by atoms with Crippen molar-refractivity contribution in [3.63, 3.8) is 0 Å². The number of amides is 1. The van der Waals surface area contributed by atoms with Gasteiger partial charge in [0.15, 0.2) is 0 Å². The SMILES string of the molecule is CC(C)(C)OC(=O)NCCNc1ccc2sccc2c1. The number of hydrogen-bond donors (Lipinski definition) is 2. The molecule has 2 N–H and O–H groups in total. The van der Waals surface area contributed by atoms with Crippen LogP contribution in [0.25, 0.3) is 10.1 Å². The second kappa shape index (κ2) is 6.13. The average molecular weight is 292 g/mol. The molecule has 0 spiro atoms. The Balaban J connectivity index is 1.74. The Morgan fingerprint density at radius 3 is 2.80 bits per heavy atom. The Morgan fingerprint density at radius 1 is 1.25 bits per heavy atom. The zero-order valence-electron chi connectivity index (χ0n) is 12.0. The van der Waals surface area contributed by atoms with Gasteiger partial charge in [-0.15, -0.1) is 11.3 Å². The van der Waals surface area contributed by atoms with Crippen molar-refractivity contribution < 1.29 is 9.53 Å². The number of ether oxygens (including phenoxy) is 1. The maximum Gasteiger partial charge on any atom is 0.407 e. The van der Waals surface area contributed by atoms with Gasteiger partial charge in [-0.3, -0.25) is 0 Å². The Kier molecular flexibility index (Phi) is 4.49. The largest absolute Gasteiger partial charge is 0.444 e. The first kappa shape index (κ1) is 14.7. The lowest BCUT2D eigenvalue weighted by atomic mass is 10.2. The second-order valence-corrected chi connectivity index (χ2v) is 6.48. The summed E-state index contributed by atoms with van der Waals surface area (Å²) in [7, 11) is 0. The molecule has 0 atom stereocenters. The number of benzene rings is 1. The average Bonchev–Trinajstić information content (AvgIpc) is 2.79. The van der Waals surface area contributed by atoms with E-state index in [4.69, 9.17) is 4.74 Å². The number of fused-ring (bicyclic) bond motifs is 1. The standard InChI is InChI=1S/C15H20N2O2S/c1-15(2,3)19-14(18)17-8-7-16-12-4-5-13-11(10-12)6-9-20-13/h4-6,9-10,16H,7-8H2,1-3H3,(H,17,18). The van der Waals surface area contributed by atoms with Crippen LogP contribution in [0.1, 0.15) is 20.8 Å². The quantitative estimate of drug-likeness (QED) is 0.842. The third kappa shape index (κ3) is 4.42. The first-order chi connectivity index (χ1) is 9.44. The van der Waals surface area contributed by atoms with Gasteiger partial charge in [-0.25, -0.2) is 4.79 Å². The predicted octanol–water partition coefficient (Wildman–Crippen LogP) is 3.84. The molecule has 0 aliphatic heterocycles. The van der Waals surface area contributed by atoms with E-state index in [2.05, 4.69) is 34.2 Å². The molecule has 108 valence electrons. The summed E-state index contributed by atoms with van der Waals surface area (Å²) in [5.74, 6) is 0. The van der Waals surface area contributed by atoms with E-state index in [0.717, 1.165) is 5.69 Å². The van der Waals surface area contributed by atoms with Crippen LogP contribution in [0.3, 0.4) is 0 Å². The molecule has 0 radical (unpaired) electrons. The van der Waals surface area contributed by atoms with Gasteiger partial charge in [0, 0.05) is 23.5 Å². The Hall–Kier alpha value is -1.75. The number of alkyl carbamates (subject to hydrolysis) is 1. The molecular weight excluding hydrogens is 272 g/mol. The molecule has 1 aromatic carbocycles. The fourth-order valence-corrected chi connectivity index (χ4v) is 2.53. The molecule has 0 fully saturated rings. The van der Waals surface area contributed by atoms with E-state index >= 15 is 0 Å². The molecule has 0 bridgehead atoms. The van der Waals surface area contributed by atoms with Crippen LogP contribution in [0.15, 0.2) is 29.6 Å². The van der Waals surface area contributed by atoms with Crippen LogP contribution in [-0.4, -0.2) is 24.8 Å². The fraction of sp³-hybridized carbons (Fsp3) is 0.400. The molecule has 2 rings (SSSR count). The van der Waals surface area contributed by atoms with Crippen molar-refractivity contribution in [3.05, 3.63) is 29.6 Å². The van der Waals surface area contributed by atoms with Crippen LogP contribution in [-0.2, 0) is 4.74 Å². The van der Waals surface area contributed by atoms with E-state index in [1.54, 1.807) is 11.3 Å². The van der Waals surface area contributed by atoms with E-state index in [1.165, 1.54) is 10.1 Å². The van der Waals surface area contributed by atoms with E-state index in [1.807, 2.05) is 26.8 Å². The van der Waals surface area contributed by atoms with E-state index in [9.17, 15) is 4.79 Å². The Labute approximate surface area is 123 Å². The Morgan fingerprint density at radius 2 is 2.05 bits per heavy atom. The van der Waals surface area contributed by atoms with Gasteiger partial charge in [-0.05, 0) is 55.8 Å². The van der Waals surface area contributed by atoms with Crippen LogP contribution < -0.4 is 10.6 Å². The van der Waals surface area contributed by atoms with Crippen LogP contribution in [0.2, 0.25) is 0 Å². The van der Waals surface area contributed by atoms with Gasteiger partial charge in [0.1, 0.15) is 5.60 Å². The molecule has 4 nitrogen and oxygen atoms in total. The third-order valence-electron chi connectivity index (χ3n) is 2.57. The highest BCUT2D eigenvalue weighted by Crippen LogP contribution is 2.23. The maximum absolute atomic E-state index is 11.5. The lowest BCUT2D eigenvalue weighted by Gasteiger charge is -2.19. The van der Waals surface area contributed by atoms with Crippen LogP contribution in [0.5, 0.6) is 0 Å². The monoisotopic (exact) mass is 292 g/mol. The third-order valence-corrected chi connectivity index (χ3v) is 3.47. The summed E-state index contributed by atoms with van der Waals surface area (Å²) in [6.45, 7) is 6.73. The lowest BCUT2D eigenvalue weighted by Crippen LogP contribution is -2.34. The predicted molar refractivity (Wildman–Crippen MR) is 84.6 cm³/mol. The van der Waals surface area contributed by atoms with Crippen molar-refractivity contribution in [1.29, 1.82) is 0 Å². The molecule has 0 saturated heterocycles.